The lowest BCUT2D eigenvalue weighted by Crippen LogP contribution is -2.15. The lowest BCUT2D eigenvalue weighted by Gasteiger charge is -2.11. The van der Waals surface area contributed by atoms with E-state index in [0.29, 0.717) is 0 Å². The minimum absolute atomic E-state index is 0.0429. The molecule has 1 aromatic carbocycles. The van der Waals surface area contributed by atoms with Crippen molar-refractivity contribution in [2.75, 3.05) is 23.9 Å². The van der Waals surface area contributed by atoms with Crippen LogP contribution in [0.15, 0.2) is 29.2 Å². The standard InChI is InChI=1S/C11H15F2NO4S2/c1-19(15,16)8-4-7-14-9-5-2-3-6-10(9)20(17,18)11(12)13/h2-3,5-6,11,14H,4,7-8H2,1H3. The smallest absolute Gasteiger partial charge is 0.341 e. The normalized spacial score (nSPS) is 12.6. The number of hydrogen-bond acceptors (Lipinski definition) is 5. The van der Waals surface area contributed by atoms with Crippen LogP contribution in [0.25, 0.3) is 0 Å². The molecule has 0 fully saturated rings. The number of para-hydroxylation sites is 1. The maximum atomic E-state index is 12.5. The van der Waals surface area contributed by atoms with Crippen LogP contribution in [-0.4, -0.2) is 41.1 Å². The van der Waals surface area contributed by atoms with E-state index in [2.05, 4.69) is 5.32 Å². The van der Waals surface area contributed by atoms with Gasteiger partial charge in [-0.1, -0.05) is 12.1 Å². The molecule has 0 saturated carbocycles. The lowest BCUT2D eigenvalue weighted by atomic mass is 10.3. The van der Waals surface area contributed by atoms with Crippen molar-refractivity contribution in [3.05, 3.63) is 24.3 Å². The van der Waals surface area contributed by atoms with E-state index in [0.717, 1.165) is 12.3 Å². The average molecular weight is 327 g/mol. The predicted octanol–water partition coefficient (Wildman–Crippen LogP) is 1.53. The summed E-state index contributed by atoms with van der Waals surface area (Å²) in [6.07, 6.45) is 1.34. The highest BCUT2D eigenvalue weighted by Crippen LogP contribution is 2.25. The molecule has 0 bridgehead atoms. The minimum atomic E-state index is -4.69. The monoisotopic (exact) mass is 327 g/mol. The molecule has 0 aliphatic carbocycles. The van der Waals surface area contributed by atoms with Gasteiger partial charge in [-0.2, -0.15) is 8.78 Å². The number of alkyl halides is 2. The van der Waals surface area contributed by atoms with Gasteiger partial charge in [-0.05, 0) is 18.6 Å². The average Bonchev–Trinajstić information content (AvgIpc) is 2.33. The van der Waals surface area contributed by atoms with E-state index in [1.54, 1.807) is 0 Å². The highest BCUT2D eigenvalue weighted by Gasteiger charge is 2.28. The Labute approximate surface area is 116 Å². The van der Waals surface area contributed by atoms with Crippen LogP contribution in [0.4, 0.5) is 14.5 Å². The van der Waals surface area contributed by atoms with Crippen molar-refractivity contribution < 1.29 is 25.6 Å². The van der Waals surface area contributed by atoms with Crippen LogP contribution in [0.2, 0.25) is 0 Å². The Bertz CT molecular complexity index is 657. The Hall–Kier alpha value is -1.22. The van der Waals surface area contributed by atoms with E-state index in [-0.39, 0.29) is 24.4 Å². The quantitative estimate of drug-likeness (QED) is 0.768. The molecule has 0 aliphatic heterocycles. The minimum Gasteiger partial charge on any atom is -0.384 e. The largest absolute Gasteiger partial charge is 0.384 e. The molecule has 114 valence electrons. The number of benzene rings is 1. The van der Waals surface area contributed by atoms with Crippen LogP contribution in [0.1, 0.15) is 6.42 Å². The number of halogens is 2. The van der Waals surface area contributed by atoms with Gasteiger partial charge < -0.3 is 5.32 Å². The maximum absolute atomic E-state index is 12.5. The van der Waals surface area contributed by atoms with Gasteiger partial charge in [0.1, 0.15) is 9.84 Å². The van der Waals surface area contributed by atoms with Crippen LogP contribution < -0.4 is 5.32 Å². The molecule has 0 aliphatic rings. The van der Waals surface area contributed by atoms with E-state index >= 15 is 0 Å². The van der Waals surface area contributed by atoms with Gasteiger partial charge in [-0.15, -0.1) is 0 Å². The van der Waals surface area contributed by atoms with Gasteiger partial charge >= 0.3 is 5.76 Å². The SMILES string of the molecule is CS(=O)(=O)CCCNc1ccccc1S(=O)(=O)C(F)F. The molecule has 0 saturated heterocycles. The highest BCUT2D eigenvalue weighted by atomic mass is 32.2. The molecule has 5 nitrogen and oxygen atoms in total. The molecule has 1 N–H and O–H groups in total. The van der Waals surface area contributed by atoms with Crippen molar-refractivity contribution in [2.24, 2.45) is 0 Å². The first-order chi connectivity index (χ1) is 9.14. The van der Waals surface area contributed by atoms with Crippen LogP contribution in [0.3, 0.4) is 0 Å². The maximum Gasteiger partial charge on any atom is 0.341 e. The van der Waals surface area contributed by atoms with Crippen LogP contribution in [0, 0.1) is 0 Å². The fraction of sp³-hybridized carbons (Fsp3) is 0.455. The summed E-state index contributed by atoms with van der Waals surface area (Å²) in [7, 11) is -7.80. The first kappa shape index (κ1) is 16.8. The number of nitrogens with one attached hydrogen (secondary N) is 1. The Morgan fingerprint density at radius 1 is 1.15 bits per heavy atom. The molecular weight excluding hydrogens is 312 g/mol. The van der Waals surface area contributed by atoms with E-state index in [9.17, 15) is 25.6 Å². The first-order valence-electron chi connectivity index (χ1n) is 5.67. The van der Waals surface area contributed by atoms with E-state index in [1.165, 1.54) is 18.2 Å². The molecule has 1 aromatic rings. The van der Waals surface area contributed by atoms with E-state index < -0.39 is 30.3 Å². The van der Waals surface area contributed by atoms with Gasteiger partial charge in [0.25, 0.3) is 0 Å². The Balaban J connectivity index is 2.82. The molecular formula is C11H15F2NO4S2. The number of anilines is 1. The molecule has 0 amide bonds. The zero-order valence-electron chi connectivity index (χ0n) is 10.7. The van der Waals surface area contributed by atoms with Gasteiger partial charge in [0.2, 0.25) is 9.84 Å². The Morgan fingerprint density at radius 2 is 1.75 bits per heavy atom. The van der Waals surface area contributed by atoms with Crippen LogP contribution in [0.5, 0.6) is 0 Å². The van der Waals surface area contributed by atoms with Gasteiger partial charge in [0.15, 0.2) is 0 Å². The summed E-state index contributed by atoms with van der Waals surface area (Å²) in [5.74, 6) is -3.56. The third kappa shape index (κ3) is 4.71. The van der Waals surface area contributed by atoms with Gasteiger partial charge in [-0.3, -0.25) is 0 Å². The van der Waals surface area contributed by atoms with Crippen molar-refractivity contribution >= 4 is 25.4 Å². The van der Waals surface area contributed by atoms with Gasteiger partial charge in [0, 0.05) is 12.8 Å². The van der Waals surface area contributed by atoms with E-state index in [1.807, 2.05) is 0 Å². The second kappa shape index (κ2) is 6.49. The summed E-state index contributed by atoms with van der Waals surface area (Å²) >= 11 is 0. The zero-order chi connectivity index (χ0) is 15.4. The summed E-state index contributed by atoms with van der Waals surface area (Å²) in [6, 6.07) is 5.29. The fourth-order valence-corrected chi connectivity index (χ4v) is 3.09. The van der Waals surface area contributed by atoms with Crippen molar-refractivity contribution in [1.82, 2.24) is 0 Å². The second-order valence-corrected chi connectivity index (χ2v) is 8.36. The van der Waals surface area contributed by atoms with Crippen molar-refractivity contribution in [3.63, 3.8) is 0 Å². The third-order valence-corrected chi connectivity index (χ3v) is 4.90. The molecule has 0 aromatic heterocycles. The van der Waals surface area contributed by atoms with Crippen molar-refractivity contribution in [3.8, 4) is 0 Å². The summed E-state index contributed by atoms with van der Waals surface area (Å²) in [5.41, 5.74) is 0.0429. The molecule has 0 spiro atoms. The summed E-state index contributed by atoms with van der Waals surface area (Å²) in [4.78, 5) is -0.491. The van der Waals surface area contributed by atoms with Gasteiger partial charge in [0.05, 0.1) is 16.3 Å². The molecule has 1 rings (SSSR count). The molecule has 0 unspecified atom stereocenters. The Kier molecular flexibility index (Phi) is 5.46. The summed E-state index contributed by atoms with van der Waals surface area (Å²) in [5, 5.41) is 2.67. The second-order valence-electron chi connectivity index (χ2n) is 4.21. The van der Waals surface area contributed by atoms with Crippen LogP contribution in [-0.2, 0) is 19.7 Å². The molecule has 0 heterocycles. The summed E-state index contributed by atoms with van der Waals surface area (Å²) in [6.45, 7) is 0.169. The van der Waals surface area contributed by atoms with Crippen molar-refractivity contribution in [2.45, 2.75) is 17.1 Å². The lowest BCUT2D eigenvalue weighted by molar-refractivity contribution is 0.235. The Morgan fingerprint density at radius 3 is 2.30 bits per heavy atom. The highest BCUT2D eigenvalue weighted by molar-refractivity contribution is 7.92. The number of sulfone groups is 2. The van der Waals surface area contributed by atoms with E-state index in [4.69, 9.17) is 0 Å². The third-order valence-electron chi connectivity index (χ3n) is 2.44. The van der Waals surface area contributed by atoms with Crippen molar-refractivity contribution in [1.29, 1.82) is 0 Å². The molecule has 9 heteroatoms. The fourth-order valence-electron chi connectivity index (χ4n) is 1.51. The molecule has 0 atom stereocenters. The zero-order valence-corrected chi connectivity index (χ0v) is 12.3. The number of hydrogen-bond donors (Lipinski definition) is 1. The van der Waals surface area contributed by atoms with Crippen LogP contribution >= 0.6 is 0 Å². The predicted molar refractivity (Wildman–Crippen MR) is 72.4 cm³/mol. The van der Waals surface area contributed by atoms with Gasteiger partial charge in [-0.25, -0.2) is 16.8 Å². The first-order valence-corrected chi connectivity index (χ1v) is 9.28. The number of rotatable bonds is 7. The topological polar surface area (TPSA) is 80.3 Å². The molecule has 20 heavy (non-hydrogen) atoms. The molecule has 0 radical (unpaired) electrons. The summed E-state index contributed by atoms with van der Waals surface area (Å²) < 4.78 is 69.8.